The molecule has 0 unspecified atom stereocenters. The largest absolute Gasteiger partial charge is 0.385 e. The van der Waals surface area contributed by atoms with Gasteiger partial charge in [0, 0.05) is 24.7 Å². The van der Waals surface area contributed by atoms with Crippen LogP contribution in [0.15, 0.2) is 24.4 Å². The molecule has 0 amide bonds. The molecule has 1 N–H and O–H groups in total. The first-order valence-electron chi connectivity index (χ1n) is 6.47. The molecule has 3 nitrogen and oxygen atoms in total. The molecule has 1 aromatic heterocycles. The van der Waals surface area contributed by atoms with E-state index in [0.717, 1.165) is 6.54 Å². The molecule has 0 bridgehead atoms. The number of unbranched alkanes of at least 4 members (excludes halogenated alkanes) is 3. The maximum absolute atomic E-state index is 4.25. The summed E-state index contributed by atoms with van der Waals surface area (Å²) in [7, 11) is 1.98. The molecular formula is C14H21N3. The van der Waals surface area contributed by atoms with E-state index in [2.05, 4.69) is 35.5 Å². The van der Waals surface area contributed by atoms with Crippen molar-refractivity contribution in [1.29, 1.82) is 0 Å². The zero-order valence-electron chi connectivity index (χ0n) is 10.7. The number of anilines is 1. The Morgan fingerprint density at radius 1 is 1.24 bits per heavy atom. The third-order valence-electron chi connectivity index (χ3n) is 3.11. The fourth-order valence-electron chi connectivity index (χ4n) is 2.04. The first kappa shape index (κ1) is 12.0. The summed E-state index contributed by atoms with van der Waals surface area (Å²) in [5.74, 6) is 0. The molecule has 0 radical (unpaired) electrons. The molecule has 0 atom stereocenters. The van der Waals surface area contributed by atoms with Crippen molar-refractivity contribution in [3.63, 3.8) is 0 Å². The Hall–Kier alpha value is -1.51. The third-order valence-corrected chi connectivity index (χ3v) is 3.11. The van der Waals surface area contributed by atoms with Gasteiger partial charge >= 0.3 is 0 Å². The van der Waals surface area contributed by atoms with Crippen LogP contribution in [0.5, 0.6) is 0 Å². The van der Waals surface area contributed by atoms with Crippen LogP contribution < -0.4 is 5.32 Å². The lowest BCUT2D eigenvalue weighted by atomic mass is 10.2. The maximum atomic E-state index is 4.25. The molecule has 0 aliphatic rings. The molecule has 3 heteroatoms. The summed E-state index contributed by atoms with van der Waals surface area (Å²) in [4.78, 5) is 0. The van der Waals surface area contributed by atoms with Crippen molar-refractivity contribution in [1.82, 2.24) is 9.78 Å². The van der Waals surface area contributed by atoms with E-state index in [0.29, 0.717) is 0 Å². The minimum absolute atomic E-state index is 1.06. The standard InChI is InChI=1S/C14H21N3/c1-3-4-5-6-9-15-13-8-7-12-11-16-17(2)14(12)10-13/h7-8,10-11,15H,3-6,9H2,1-2H3. The van der Waals surface area contributed by atoms with Crippen LogP contribution >= 0.6 is 0 Å². The first-order chi connectivity index (χ1) is 8.31. The van der Waals surface area contributed by atoms with E-state index < -0.39 is 0 Å². The van der Waals surface area contributed by atoms with Crippen molar-refractivity contribution in [3.05, 3.63) is 24.4 Å². The van der Waals surface area contributed by atoms with Gasteiger partial charge in [-0.05, 0) is 24.6 Å². The van der Waals surface area contributed by atoms with E-state index in [9.17, 15) is 0 Å². The molecule has 0 fully saturated rings. The van der Waals surface area contributed by atoms with Gasteiger partial charge in [-0.15, -0.1) is 0 Å². The van der Waals surface area contributed by atoms with Gasteiger partial charge in [0.25, 0.3) is 0 Å². The number of nitrogens with zero attached hydrogens (tertiary/aromatic N) is 2. The highest BCUT2D eigenvalue weighted by molar-refractivity contribution is 5.82. The topological polar surface area (TPSA) is 29.9 Å². The minimum atomic E-state index is 1.06. The van der Waals surface area contributed by atoms with E-state index in [1.807, 2.05) is 17.9 Å². The fourth-order valence-corrected chi connectivity index (χ4v) is 2.04. The number of nitrogens with one attached hydrogen (secondary N) is 1. The minimum Gasteiger partial charge on any atom is -0.385 e. The molecule has 1 heterocycles. The average molecular weight is 231 g/mol. The Morgan fingerprint density at radius 3 is 2.94 bits per heavy atom. The van der Waals surface area contributed by atoms with Crippen LogP contribution in [-0.4, -0.2) is 16.3 Å². The van der Waals surface area contributed by atoms with Crippen molar-refractivity contribution < 1.29 is 0 Å². The summed E-state index contributed by atoms with van der Waals surface area (Å²) in [5, 5.41) is 8.92. The van der Waals surface area contributed by atoms with E-state index in [4.69, 9.17) is 0 Å². The van der Waals surface area contributed by atoms with Gasteiger partial charge in [-0.2, -0.15) is 5.10 Å². The maximum Gasteiger partial charge on any atom is 0.0699 e. The Balaban J connectivity index is 1.92. The second-order valence-electron chi connectivity index (χ2n) is 4.53. The predicted molar refractivity (Wildman–Crippen MR) is 73.3 cm³/mol. The van der Waals surface area contributed by atoms with Gasteiger partial charge in [-0.3, -0.25) is 4.68 Å². The number of hydrogen-bond acceptors (Lipinski definition) is 2. The Bertz CT molecular complexity index is 473. The van der Waals surface area contributed by atoms with Crippen LogP contribution in [0.25, 0.3) is 10.9 Å². The molecule has 0 aliphatic carbocycles. The Morgan fingerprint density at radius 2 is 2.12 bits per heavy atom. The molecule has 0 saturated carbocycles. The van der Waals surface area contributed by atoms with Crippen molar-refractivity contribution in [2.75, 3.05) is 11.9 Å². The van der Waals surface area contributed by atoms with E-state index in [1.54, 1.807) is 0 Å². The molecule has 0 spiro atoms. The second-order valence-corrected chi connectivity index (χ2v) is 4.53. The summed E-state index contributed by atoms with van der Waals surface area (Å²) in [6, 6.07) is 6.42. The zero-order valence-corrected chi connectivity index (χ0v) is 10.7. The monoisotopic (exact) mass is 231 g/mol. The van der Waals surface area contributed by atoms with Gasteiger partial charge in [0.1, 0.15) is 0 Å². The quantitative estimate of drug-likeness (QED) is 0.770. The predicted octanol–water partition coefficient (Wildman–Crippen LogP) is 3.57. The molecule has 0 aliphatic heterocycles. The van der Waals surface area contributed by atoms with Gasteiger partial charge in [0.15, 0.2) is 0 Å². The number of aromatic nitrogens is 2. The van der Waals surface area contributed by atoms with Crippen LogP contribution in [0.3, 0.4) is 0 Å². The highest BCUT2D eigenvalue weighted by atomic mass is 15.2. The Kier molecular flexibility index (Phi) is 4.02. The molecule has 17 heavy (non-hydrogen) atoms. The van der Waals surface area contributed by atoms with Gasteiger partial charge in [0.05, 0.1) is 11.7 Å². The molecule has 92 valence electrons. The molecular weight excluding hydrogens is 210 g/mol. The van der Waals surface area contributed by atoms with Crippen LogP contribution in [0.1, 0.15) is 32.6 Å². The smallest absolute Gasteiger partial charge is 0.0699 e. The lowest BCUT2D eigenvalue weighted by Gasteiger charge is -2.06. The van der Waals surface area contributed by atoms with E-state index in [-0.39, 0.29) is 0 Å². The lowest BCUT2D eigenvalue weighted by molar-refractivity contribution is 0.685. The van der Waals surface area contributed by atoms with Crippen LogP contribution in [0.2, 0.25) is 0 Å². The summed E-state index contributed by atoms with van der Waals surface area (Å²) >= 11 is 0. The first-order valence-corrected chi connectivity index (χ1v) is 6.47. The SMILES string of the molecule is CCCCCCNc1ccc2cnn(C)c2c1. The normalized spacial score (nSPS) is 10.9. The summed E-state index contributed by atoms with van der Waals surface area (Å²) in [6.07, 6.45) is 7.10. The van der Waals surface area contributed by atoms with Gasteiger partial charge < -0.3 is 5.32 Å². The highest BCUT2D eigenvalue weighted by Crippen LogP contribution is 2.18. The average Bonchev–Trinajstić information content (AvgIpc) is 2.71. The fraction of sp³-hybridized carbons (Fsp3) is 0.500. The molecule has 2 aromatic rings. The van der Waals surface area contributed by atoms with Crippen LogP contribution in [0.4, 0.5) is 5.69 Å². The van der Waals surface area contributed by atoms with Gasteiger partial charge in [0.2, 0.25) is 0 Å². The lowest BCUT2D eigenvalue weighted by Crippen LogP contribution is -2.01. The number of hydrogen-bond donors (Lipinski definition) is 1. The second kappa shape index (κ2) is 5.71. The van der Waals surface area contributed by atoms with Crippen molar-refractivity contribution in [3.8, 4) is 0 Å². The summed E-state index contributed by atoms with van der Waals surface area (Å²) in [6.45, 7) is 3.30. The van der Waals surface area contributed by atoms with E-state index >= 15 is 0 Å². The number of rotatable bonds is 6. The van der Waals surface area contributed by atoms with E-state index in [1.165, 1.54) is 42.3 Å². The summed E-state index contributed by atoms with van der Waals surface area (Å²) in [5.41, 5.74) is 2.38. The Labute approximate surface area is 103 Å². The van der Waals surface area contributed by atoms with Crippen molar-refractivity contribution >= 4 is 16.6 Å². The van der Waals surface area contributed by atoms with Gasteiger partial charge in [-0.25, -0.2) is 0 Å². The molecule has 1 aromatic carbocycles. The van der Waals surface area contributed by atoms with Crippen molar-refractivity contribution in [2.24, 2.45) is 7.05 Å². The number of benzene rings is 1. The van der Waals surface area contributed by atoms with Crippen LogP contribution in [-0.2, 0) is 7.05 Å². The highest BCUT2D eigenvalue weighted by Gasteiger charge is 2.00. The molecule has 0 saturated heterocycles. The molecule has 2 rings (SSSR count). The summed E-state index contributed by atoms with van der Waals surface area (Å²) < 4.78 is 1.91. The van der Waals surface area contributed by atoms with Crippen LogP contribution in [0, 0.1) is 0 Å². The third kappa shape index (κ3) is 2.99. The van der Waals surface area contributed by atoms with Crippen molar-refractivity contribution in [2.45, 2.75) is 32.6 Å². The number of fused-ring (bicyclic) bond motifs is 1. The number of aryl methyl sites for hydroxylation is 1. The zero-order chi connectivity index (χ0) is 12.1. The van der Waals surface area contributed by atoms with Gasteiger partial charge in [-0.1, -0.05) is 26.2 Å².